The number of hydrogen-bond acceptors (Lipinski definition) is 6. The van der Waals surface area contributed by atoms with E-state index >= 15 is 0 Å². The molecule has 1 fully saturated rings. The van der Waals surface area contributed by atoms with Crippen molar-refractivity contribution in [3.63, 3.8) is 0 Å². The summed E-state index contributed by atoms with van der Waals surface area (Å²) in [7, 11) is 2.05. The summed E-state index contributed by atoms with van der Waals surface area (Å²) < 4.78 is 7.86. The Hall–Kier alpha value is -3.91. The number of aromatic nitrogens is 6. The maximum Gasteiger partial charge on any atom is 0.321 e. The van der Waals surface area contributed by atoms with Crippen LogP contribution in [0.1, 0.15) is 35.4 Å². The minimum atomic E-state index is -0.125. The SMILES string of the molecule is Cc1cc(Cc2ccc3nc(NC4(c5ccc(Oc6ncc(Cl)cn6)cc5)CC4)n(C)c3c2)n[nH]1. The lowest BCUT2D eigenvalue weighted by Crippen LogP contribution is -2.21. The maximum absolute atomic E-state index is 5.84. The highest BCUT2D eigenvalue weighted by Crippen LogP contribution is 2.48. The van der Waals surface area contributed by atoms with Crippen molar-refractivity contribution in [2.24, 2.45) is 7.05 Å². The number of imidazole rings is 1. The van der Waals surface area contributed by atoms with Crippen LogP contribution in [0.5, 0.6) is 11.8 Å². The summed E-state index contributed by atoms with van der Waals surface area (Å²) in [6.07, 6.45) is 5.90. The van der Waals surface area contributed by atoms with Crippen molar-refractivity contribution in [3.05, 3.63) is 88.5 Å². The van der Waals surface area contributed by atoms with E-state index in [4.69, 9.17) is 21.3 Å². The second-order valence-corrected chi connectivity index (χ2v) is 9.49. The molecule has 1 aliphatic carbocycles. The highest BCUT2D eigenvalue weighted by atomic mass is 35.5. The van der Waals surface area contributed by atoms with Crippen molar-refractivity contribution in [3.8, 4) is 11.8 Å². The molecule has 8 nitrogen and oxygen atoms in total. The molecule has 0 saturated heterocycles. The van der Waals surface area contributed by atoms with Gasteiger partial charge in [-0.25, -0.2) is 15.0 Å². The van der Waals surface area contributed by atoms with E-state index in [-0.39, 0.29) is 11.5 Å². The molecule has 3 aromatic heterocycles. The van der Waals surface area contributed by atoms with Gasteiger partial charge in [-0.2, -0.15) is 5.10 Å². The Bertz CT molecular complexity index is 1500. The fourth-order valence-corrected chi connectivity index (χ4v) is 4.45. The molecule has 5 aromatic rings. The third-order valence-corrected chi connectivity index (χ3v) is 6.60. The Balaban J connectivity index is 1.20. The van der Waals surface area contributed by atoms with Gasteiger partial charge in [0.05, 0.1) is 39.7 Å². The summed E-state index contributed by atoms with van der Waals surface area (Å²) in [4.78, 5) is 13.0. The topological polar surface area (TPSA) is 93.5 Å². The van der Waals surface area contributed by atoms with Crippen LogP contribution >= 0.6 is 11.6 Å². The normalized spacial score (nSPS) is 14.3. The summed E-state index contributed by atoms with van der Waals surface area (Å²) in [5, 5.41) is 11.6. The maximum atomic E-state index is 5.84. The quantitative estimate of drug-likeness (QED) is 0.314. The number of aromatic amines is 1. The molecule has 0 aliphatic heterocycles. The van der Waals surface area contributed by atoms with Gasteiger partial charge in [-0.05, 0) is 61.2 Å². The number of halogens is 1. The first-order valence-corrected chi connectivity index (χ1v) is 11.9. The van der Waals surface area contributed by atoms with Gasteiger partial charge in [-0.3, -0.25) is 5.10 Å². The van der Waals surface area contributed by atoms with Crippen LogP contribution in [0.15, 0.2) is 60.9 Å². The van der Waals surface area contributed by atoms with E-state index in [0.717, 1.165) is 47.6 Å². The van der Waals surface area contributed by atoms with E-state index in [1.165, 1.54) is 23.5 Å². The van der Waals surface area contributed by atoms with Gasteiger partial charge < -0.3 is 14.6 Å². The molecule has 0 radical (unpaired) electrons. The molecule has 0 atom stereocenters. The van der Waals surface area contributed by atoms with Gasteiger partial charge in [0.15, 0.2) is 0 Å². The molecule has 0 unspecified atom stereocenters. The highest BCUT2D eigenvalue weighted by Gasteiger charge is 2.45. The molecule has 0 amide bonds. The number of nitrogens with one attached hydrogen (secondary N) is 2. The summed E-state index contributed by atoms with van der Waals surface area (Å²) in [5.74, 6) is 1.54. The summed E-state index contributed by atoms with van der Waals surface area (Å²) in [6, 6.07) is 16.8. The molecule has 0 bridgehead atoms. The number of benzene rings is 2. The first kappa shape index (κ1) is 21.6. The summed E-state index contributed by atoms with van der Waals surface area (Å²) >= 11 is 5.84. The zero-order valence-corrected chi connectivity index (χ0v) is 20.2. The first-order valence-electron chi connectivity index (χ1n) is 11.5. The molecule has 2 N–H and O–H groups in total. The highest BCUT2D eigenvalue weighted by molar-refractivity contribution is 6.30. The van der Waals surface area contributed by atoms with Crippen molar-refractivity contribution >= 4 is 28.6 Å². The number of hydrogen-bond donors (Lipinski definition) is 2. The molecule has 3 heterocycles. The van der Waals surface area contributed by atoms with Crippen molar-refractivity contribution in [1.29, 1.82) is 0 Å². The van der Waals surface area contributed by atoms with E-state index < -0.39 is 0 Å². The van der Waals surface area contributed by atoms with Crippen LogP contribution in [-0.4, -0.2) is 29.7 Å². The number of ether oxygens (including phenoxy) is 1. The lowest BCUT2D eigenvalue weighted by molar-refractivity contribution is 0.441. The van der Waals surface area contributed by atoms with Crippen LogP contribution in [0.3, 0.4) is 0 Å². The van der Waals surface area contributed by atoms with Gasteiger partial charge in [0.25, 0.3) is 0 Å². The van der Waals surface area contributed by atoms with Gasteiger partial charge in [0.2, 0.25) is 5.95 Å². The van der Waals surface area contributed by atoms with E-state index in [1.807, 2.05) is 19.1 Å². The number of H-pyrrole nitrogens is 1. The first-order chi connectivity index (χ1) is 17.0. The third kappa shape index (κ3) is 4.33. The fourth-order valence-electron chi connectivity index (χ4n) is 4.36. The van der Waals surface area contributed by atoms with Crippen LogP contribution in [0.4, 0.5) is 5.95 Å². The number of anilines is 1. The molecule has 35 heavy (non-hydrogen) atoms. The van der Waals surface area contributed by atoms with Gasteiger partial charge in [0.1, 0.15) is 5.75 Å². The average molecular weight is 486 g/mol. The molecule has 0 spiro atoms. The predicted octanol–water partition coefficient (Wildman–Crippen LogP) is 5.53. The lowest BCUT2D eigenvalue weighted by Gasteiger charge is -2.19. The van der Waals surface area contributed by atoms with Crippen molar-refractivity contribution in [1.82, 2.24) is 29.7 Å². The molecule has 1 aliphatic rings. The molecule has 176 valence electrons. The van der Waals surface area contributed by atoms with Crippen molar-refractivity contribution in [2.45, 2.75) is 31.7 Å². The fraction of sp³-hybridized carbons (Fsp3) is 0.231. The molecule has 9 heteroatoms. The second-order valence-electron chi connectivity index (χ2n) is 9.05. The monoisotopic (exact) mass is 485 g/mol. The van der Waals surface area contributed by atoms with Gasteiger partial charge in [-0.1, -0.05) is 29.8 Å². The number of fused-ring (bicyclic) bond motifs is 1. The van der Waals surface area contributed by atoms with Crippen LogP contribution < -0.4 is 10.1 Å². The second kappa shape index (κ2) is 8.39. The van der Waals surface area contributed by atoms with E-state index in [9.17, 15) is 0 Å². The Morgan fingerprint density at radius 1 is 1.09 bits per heavy atom. The van der Waals surface area contributed by atoms with E-state index in [2.05, 4.69) is 73.5 Å². The van der Waals surface area contributed by atoms with E-state index in [1.54, 1.807) is 0 Å². The minimum absolute atomic E-state index is 0.125. The van der Waals surface area contributed by atoms with Crippen LogP contribution in [-0.2, 0) is 19.0 Å². The van der Waals surface area contributed by atoms with Crippen molar-refractivity contribution < 1.29 is 4.74 Å². The summed E-state index contributed by atoms with van der Waals surface area (Å²) in [6.45, 7) is 2.01. The zero-order chi connectivity index (χ0) is 24.0. The van der Waals surface area contributed by atoms with Gasteiger partial charge in [-0.15, -0.1) is 0 Å². The average Bonchev–Trinajstić information content (AvgIpc) is 3.43. The number of rotatable bonds is 7. The smallest absolute Gasteiger partial charge is 0.321 e. The van der Waals surface area contributed by atoms with Crippen LogP contribution in [0, 0.1) is 6.92 Å². The Morgan fingerprint density at radius 3 is 2.54 bits per heavy atom. The molecular formula is C26H24ClN7O. The van der Waals surface area contributed by atoms with Crippen LogP contribution in [0.25, 0.3) is 11.0 Å². The van der Waals surface area contributed by atoms with E-state index in [0.29, 0.717) is 10.8 Å². The molecule has 6 rings (SSSR count). The Kier molecular flexibility index (Phi) is 5.18. The zero-order valence-electron chi connectivity index (χ0n) is 19.4. The largest absolute Gasteiger partial charge is 0.424 e. The minimum Gasteiger partial charge on any atom is -0.424 e. The van der Waals surface area contributed by atoms with Crippen LogP contribution in [0.2, 0.25) is 5.02 Å². The molecule has 1 saturated carbocycles. The predicted molar refractivity (Wildman–Crippen MR) is 135 cm³/mol. The summed E-state index contributed by atoms with van der Waals surface area (Å²) in [5.41, 5.74) is 6.46. The molecular weight excluding hydrogens is 462 g/mol. The Labute approximate surface area is 207 Å². The third-order valence-electron chi connectivity index (χ3n) is 6.40. The number of aryl methyl sites for hydroxylation is 2. The molecule has 2 aromatic carbocycles. The van der Waals surface area contributed by atoms with Gasteiger partial charge >= 0.3 is 6.01 Å². The van der Waals surface area contributed by atoms with Gasteiger partial charge in [0, 0.05) is 19.2 Å². The standard InChI is InChI=1S/C26H24ClN7O/c1-16-11-20(33-32-16)12-17-3-8-22-23(13-17)34(2)24(30-22)31-26(9-10-26)18-4-6-21(7-5-18)35-25-28-14-19(27)15-29-25/h3-8,11,13-15H,9-10,12H2,1-2H3,(H,30,31)(H,32,33). The lowest BCUT2D eigenvalue weighted by atomic mass is 10.1. The number of nitrogens with zero attached hydrogens (tertiary/aromatic N) is 5. The van der Waals surface area contributed by atoms with Crippen molar-refractivity contribution in [2.75, 3.05) is 5.32 Å². The Morgan fingerprint density at radius 2 is 1.86 bits per heavy atom.